The Morgan fingerprint density at radius 3 is 2.74 bits per heavy atom. The van der Waals surface area contributed by atoms with Crippen LogP contribution in [-0.4, -0.2) is 21.6 Å². The number of hydrogen-bond donors (Lipinski definition) is 0. The number of fused-ring (bicyclic) bond motifs is 1. The molecule has 1 unspecified atom stereocenters. The zero-order chi connectivity index (χ0) is 13.6. The first-order valence-corrected chi connectivity index (χ1v) is 7.04. The van der Waals surface area contributed by atoms with Crippen molar-refractivity contribution in [3.63, 3.8) is 0 Å². The van der Waals surface area contributed by atoms with Crippen molar-refractivity contribution >= 4 is 22.8 Å². The van der Waals surface area contributed by atoms with Crippen molar-refractivity contribution in [2.45, 2.75) is 32.7 Å². The molecule has 2 aromatic rings. The summed E-state index contributed by atoms with van der Waals surface area (Å²) in [6.45, 7) is 5.53. The monoisotopic (exact) mass is 279 g/mol. The number of pyridine rings is 1. The summed E-state index contributed by atoms with van der Waals surface area (Å²) in [7, 11) is 1.63. The van der Waals surface area contributed by atoms with E-state index >= 15 is 0 Å². The average Bonchev–Trinajstić information content (AvgIpc) is 2.85. The van der Waals surface area contributed by atoms with E-state index in [2.05, 4.69) is 28.4 Å². The topological polar surface area (TPSA) is 39.9 Å². The summed E-state index contributed by atoms with van der Waals surface area (Å²) >= 11 is 6.01. The number of alkyl halides is 1. The zero-order valence-electron chi connectivity index (χ0n) is 11.5. The van der Waals surface area contributed by atoms with Crippen LogP contribution < -0.4 is 4.74 Å². The fraction of sp³-hybridized carbons (Fsp3) is 0.571. The highest BCUT2D eigenvalue weighted by Crippen LogP contribution is 2.52. The number of nitrogens with zero attached hydrogens (tertiary/aromatic N) is 3. The van der Waals surface area contributed by atoms with E-state index in [0.29, 0.717) is 23.1 Å². The molecular weight excluding hydrogens is 262 g/mol. The summed E-state index contributed by atoms with van der Waals surface area (Å²) in [5.74, 6) is 2.59. The number of rotatable bonds is 4. The Morgan fingerprint density at radius 1 is 1.42 bits per heavy atom. The van der Waals surface area contributed by atoms with Crippen LogP contribution in [0.15, 0.2) is 12.1 Å². The van der Waals surface area contributed by atoms with Gasteiger partial charge in [0.25, 0.3) is 0 Å². The van der Waals surface area contributed by atoms with Crippen LogP contribution in [0, 0.1) is 11.3 Å². The van der Waals surface area contributed by atoms with Crippen LogP contribution in [-0.2, 0) is 12.4 Å². The summed E-state index contributed by atoms with van der Waals surface area (Å²) in [5.41, 5.74) is 2.19. The van der Waals surface area contributed by atoms with E-state index in [4.69, 9.17) is 16.3 Å². The van der Waals surface area contributed by atoms with Crippen molar-refractivity contribution in [2.75, 3.05) is 7.11 Å². The van der Waals surface area contributed by atoms with Gasteiger partial charge in [0, 0.05) is 12.6 Å². The lowest BCUT2D eigenvalue weighted by Crippen LogP contribution is -2.08. The van der Waals surface area contributed by atoms with Crippen LogP contribution in [0.5, 0.6) is 5.88 Å². The van der Waals surface area contributed by atoms with Gasteiger partial charge in [-0.15, -0.1) is 11.6 Å². The van der Waals surface area contributed by atoms with Crippen LogP contribution in [0.4, 0.5) is 0 Å². The number of aromatic nitrogens is 3. The Morgan fingerprint density at radius 2 is 2.16 bits per heavy atom. The van der Waals surface area contributed by atoms with E-state index < -0.39 is 0 Å². The van der Waals surface area contributed by atoms with Gasteiger partial charge in [0.1, 0.15) is 11.3 Å². The lowest BCUT2D eigenvalue weighted by Gasteiger charge is -2.09. The maximum atomic E-state index is 6.01. The highest BCUT2D eigenvalue weighted by Gasteiger charge is 2.45. The fourth-order valence-electron chi connectivity index (χ4n) is 2.55. The molecule has 102 valence electrons. The first-order valence-electron chi connectivity index (χ1n) is 6.51. The van der Waals surface area contributed by atoms with Crippen LogP contribution in [0.25, 0.3) is 11.2 Å². The first kappa shape index (κ1) is 12.7. The van der Waals surface area contributed by atoms with Crippen LogP contribution in [0.2, 0.25) is 0 Å². The third kappa shape index (κ3) is 2.18. The van der Waals surface area contributed by atoms with E-state index in [-0.39, 0.29) is 0 Å². The van der Waals surface area contributed by atoms with E-state index in [1.54, 1.807) is 7.11 Å². The number of ether oxygens (including phenoxy) is 1. The molecule has 1 fully saturated rings. The highest BCUT2D eigenvalue weighted by atomic mass is 35.5. The van der Waals surface area contributed by atoms with Gasteiger partial charge >= 0.3 is 0 Å². The summed E-state index contributed by atoms with van der Waals surface area (Å²) in [4.78, 5) is 9.06. The van der Waals surface area contributed by atoms with Crippen molar-refractivity contribution in [2.24, 2.45) is 11.3 Å². The second-order valence-corrected chi connectivity index (χ2v) is 6.13. The summed E-state index contributed by atoms with van der Waals surface area (Å²) in [6, 6.07) is 3.77. The Bertz CT molecular complexity index is 620. The van der Waals surface area contributed by atoms with Crippen LogP contribution >= 0.6 is 11.6 Å². The minimum absolute atomic E-state index is 0.409. The van der Waals surface area contributed by atoms with Crippen molar-refractivity contribution in [3.05, 3.63) is 18.0 Å². The predicted octanol–water partition coefficient (Wildman–Crippen LogP) is 3.22. The molecule has 0 saturated heterocycles. The van der Waals surface area contributed by atoms with E-state index in [0.717, 1.165) is 23.5 Å². The molecule has 0 aliphatic heterocycles. The van der Waals surface area contributed by atoms with Crippen molar-refractivity contribution < 1.29 is 4.74 Å². The molecule has 2 heterocycles. The SMILES string of the molecule is COc1ccc2nc(CCl)n(CC3CC3(C)C)c2n1. The lowest BCUT2D eigenvalue weighted by molar-refractivity contribution is 0.398. The number of methoxy groups -OCH3 is 1. The molecule has 0 N–H and O–H groups in total. The third-order valence-corrected chi connectivity index (χ3v) is 4.33. The Hall–Kier alpha value is -1.29. The molecule has 1 saturated carbocycles. The molecule has 19 heavy (non-hydrogen) atoms. The van der Waals surface area contributed by atoms with Crippen molar-refractivity contribution in [3.8, 4) is 5.88 Å². The van der Waals surface area contributed by atoms with Crippen molar-refractivity contribution in [1.82, 2.24) is 14.5 Å². The van der Waals surface area contributed by atoms with Crippen LogP contribution in [0.1, 0.15) is 26.1 Å². The molecule has 5 heteroatoms. The largest absolute Gasteiger partial charge is 0.481 e. The van der Waals surface area contributed by atoms with E-state index in [1.807, 2.05) is 12.1 Å². The molecule has 0 amide bonds. The molecule has 0 radical (unpaired) electrons. The second kappa shape index (κ2) is 4.37. The maximum Gasteiger partial charge on any atom is 0.215 e. The molecule has 0 spiro atoms. The van der Waals surface area contributed by atoms with Crippen LogP contribution in [0.3, 0.4) is 0 Å². The molecule has 1 aliphatic carbocycles. The molecular formula is C14H18ClN3O. The highest BCUT2D eigenvalue weighted by molar-refractivity contribution is 6.16. The summed E-state index contributed by atoms with van der Waals surface area (Å²) in [5, 5.41) is 0. The molecule has 0 aromatic carbocycles. The van der Waals surface area contributed by atoms with Gasteiger partial charge in [0.05, 0.1) is 13.0 Å². The molecule has 1 atom stereocenters. The van der Waals surface area contributed by atoms with Gasteiger partial charge in [-0.05, 0) is 23.8 Å². The Kier molecular flexibility index (Phi) is 2.93. The van der Waals surface area contributed by atoms with Gasteiger partial charge < -0.3 is 9.30 Å². The quantitative estimate of drug-likeness (QED) is 0.807. The zero-order valence-corrected chi connectivity index (χ0v) is 12.2. The average molecular weight is 280 g/mol. The molecule has 1 aliphatic rings. The Balaban J connectivity index is 2.04. The maximum absolute atomic E-state index is 6.01. The molecule has 3 rings (SSSR count). The summed E-state index contributed by atoms with van der Waals surface area (Å²) < 4.78 is 7.34. The first-order chi connectivity index (χ1) is 9.05. The minimum atomic E-state index is 0.409. The second-order valence-electron chi connectivity index (χ2n) is 5.86. The fourth-order valence-corrected chi connectivity index (χ4v) is 2.75. The van der Waals surface area contributed by atoms with E-state index in [9.17, 15) is 0 Å². The molecule has 4 nitrogen and oxygen atoms in total. The third-order valence-electron chi connectivity index (χ3n) is 4.09. The molecule has 2 aromatic heterocycles. The number of imidazole rings is 1. The van der Waals surface area contributed by atoms with Gasteiger partial charge in [0.2, 0.25) is 5.88 Å². The van der Waals surface area contributed by atoms with Gasteiger partial charge in [-0.25, -0.2) is 4.98 Å². The number of hydrogen-bond acceptors (Lipinski definition) is 3. The van der Waals surface area contributed by atoms with Gasteiger partial charge in [-0.1, -0.05) is 13.8 Å². The van der Waals surface area contributed by atoms with E-state index in [1.165, 1.54) is 6.42 Å². The standard InChI is InChI=1S/C14H18ClN3O/c1-14(2)6-9(14)8-18-11(7-15)16-10-4-5-12(19-3)17-13(10)18/h4-5,9H,6-8H2,1-3H3. The lowest BCUT2D eigenvalue weighted by atomic mass is 10.1. The Labute approximate surface area is 117 Å². The van der Waals surface area contributed by atoms with Gasteiger partial charge in [-0.3, -0.25) is 0 Å². The minimum Gasteiger partial charge on any atom is -0.481 e. The predicted molar refractivity (Wildman–Crippen MR) is 75.5 cm³/mol. The number of halogens is 1. The van der Waals surface area contributed by atoms with Crippen molar-refractivity contribution in [1.29, 1.82) is 0 Å². The van der Waals surface area contributed by atoms with Gasteiger partial charge in [0.15, 0.2) is 5.65 Å². The van der Waals surface area contributed by atoms with Gasteiger partial charge in [-0.2, -0.15) is 4.98 Å². The smallest absolute Gasteiger partial charge is 0.215 e. The normalized spacial score (nSPS) is 20.7. The summed E-state index contributed by atoms with van der Waals surface area (Å²) in [6.07, 6.45) is 1.25. The molecule has 0 bridgehead atoms.